The number of piperidine rings is 1. The number of morpholine rings is 1. The largest absolute Gasteiger partial charge is 0.379 e. The molecule has 1 aromatic carbocycles. The van der Waals surface area contributed by atoms with E-state index in [9.17, 15) is 14.0 Å². The average molecular weight is 377 g/mol. The lowest BCUT2D eigenvalue weighted by Crippen LogP contribution is -2.45. The van der Waals surface area contributed by atoms with E-state index in [2.05, 4.69) is 10.2 Å². The first-order chi connectivity index (χ1) is 13.1. The molecule has 0 atom stereocenters. The summed E-state index contributed by atoms with van der Waals surface area (Å²) in [4.78, 5) is 28.8. The highest BCUT2D eigenvalue weighted by Crippen LogP contribution is 2.18. The Labute approximate surface area is 159 Å². The Kier molecular flexibility index (Phi) is 7.18. The molecule has 148 valence electrons. The van der Waals surface area contributed by atoms with Gasteiger partial charge in [0.2, 0.25) is 11.8 Å². The molecule has 2 saturated heterocycles. The third-order valence-electron chi connectivity index (χ3n) is 5.32. The van der Waals surface area contributed by atoms with E-state index in [1.165, 1.54) is 12.1 Å². The SMILES string of the molecule is O=C(NCCN1CCOCC1)C1CCN(C(=O)Cc2ccc(F)cc2)CC1. The van der Waals surface area contributed by atoms with E-state index in [1.54, 1.807) is 17.0 Å². The molecule has 0 unspecified atom stereocenters. The minimum absolute atomic E-state index is 0.0236. The maximum absolute atomic E-state index is 13.0. The number of carbonyl (C=O) groups excluding carboxylic acids is 2. The van der Waals surface area contributed by atoms with Crippen LogP contribution in [0, 0.1) is 11.7 Å². The van der Waals surface area contributed by atoms with Crippen LogP contribution in [0.3, 0.4) is 0 Å². The standard InChI is InChI=1S/C20H28FN3O3/c21-18-3-1-16(2-4-18)15-19(25)24-8-5-17(6-9-24)20(26)22-7-10-23-11-13-27-14-12-23/h1-4,17H,5-15H2,(H,22,26). The summed E-state index contributed by atoms with van der Waals surface area (Å²) in [6, 6.07) is 6.02. The number of hydrogen-bond donors (Lipinski definition) is 1. The second-order valence-electron chi connectivity index (χ2n) is 7.20. The van der Waals surface area contributed by atoms with Crippen LogP contribution in [0.2, 0.25) is 0 Å². The number of likely N-dealkylation sites (tertiary alicyclic amines) is 1. The number of hydrogen-bond acceptors (Lipinski definition) is 4. The fourth-order valence-electron chi connectivity index (χ4n) is 3.59. The zero-order valence-electron chi connectivity index (χ0n) is 15.7. The van der Waals surface area contributed by atoms with Gasteiger partial charge >= 0.3 is 0 Å². The van der Waals surface area contributed by atoms with Crippen molar-refractivity contribution in [2.24, 2.45) is 5.92 Å². The predicted molar refractivity (Wildman–Crippen MR) is 99.7 cm³/mol. The number of carbonyl (C=O) groups is 2. The molecule has 0 bridgehead atoms. The Morgan fingerprint density at radius 2 is 1.74 bits per heavy atom. The number of nitrogens with one attached hydrogen (secondary N) is 1. The third-order valence-corrected chi connectivity index (χ3v) is 5.32. The molecule has 2 amide bonds. The molecule has 1 N–H and O–H groups in total. The van der Waals surface area contributed by atoms with Gasteiger partial charge in [-0.15, -0.1) is 0 Å². The maximum atomic E-state index is 13.0. The van der Waals surface area contributed by atoms with Crippen molar-refractivity contribution in [3.05, 3.63) is 35.6 Å². The lowest BCUT2D eigenvalue weighted by atomic mass is 9.95. The summed E-state index contributed by atoms with van der Waals surface area (Å²) >= 11 is 0. The molecule has 2 aliphatic heterocycles. The summed E-state index contributed by atoms with van der Waals surface area (Å²) in [6.45, 7) is 6.07. The Balaban J connectivity index is 1.35. The molecule has 0 aliphatic carbocycles. The maximum Gasteiger partial charge on any atom is 0.226 e. The van der Waals surface area contributed by atoms with Gasteiger partial charge in [-0.3, -0.25) is 14.5 Å². The lowest BCUT2D eigenvalue weighted by Gasteiger charge is -2.32. The van der Waals surface area contributed by atoms with Crippen molar-refractivity contribution in [1.29, 1.82) is 0 Å². The van der Waals surface area contributed by atoms with Gasteiger partial charge in [0.05, 0.1) is 19.6 Å². The number of benzene rings is 1. The minimum atomic E-state index is -0.299. The molecule has 27 heavy (non-hydrogen) atoms. The van der Waals surface area contributed by atoms with Crippen molar-refractivity contribution >= 4 is 11.8 Å². The van der Waals surface area contributed by atoms with Gasteiger partial charge in [-0.05, 0) is 30.5 Å². The molecule has 0 aromatic heterocycles. The fraction of sp³-hybridized carbons (Fsp3) is 0.600. The van der Waals surface area contributed by atoms with Crippen LogP contribution in [0.1, 0.15) is 18.4 Å². The van der Waals surface area contributed by atoms with Crippen LogP contribution in [-0.2, 0) is 20.7 Å². The van der Waals surface area contributed by atoms with Gasteiger partial charge in [-0.25, -0.2) is 4.39 Å². The molecule has 0 radical (unpaired) electrons. The molecule has 1 aromatic rings. The number of halogens is 1. The summed E-state index contributed by atoms with van der Waals surface area (Å²) in [5.41, 5.74) is 0.810. The van der Waals surface area contributed by atoms with E-state index >= 15 is 0 Å². The van der Waals surface area contributed by atoms with Crippen molar-refractivity contribution in [3.8, 4) is 0 Å². The molecule has 0 spiro atoms. The van der Waals surface area contributed by atoms with Gasteiger partial charge in [-0.1, -0.05) is 12.1 Å². The Bertz CT molecular complexity index is 624. The highest BCUT2D eigenvalue weighted by molar-refractivity contribution is 5.81. The molecular formula is C20H28FN3O3. The molecule has 7 heteroatoms. The van der Waals surface area contributed by atoms with Crippen LogP contribution >= 0.6 is 0 Å². The normalized spacial score (nSPS) is 19.1. The monoisotopic (exact) mass is 377 g/mol. The van der Waals surface area contributed by atoms with Crippen molar-refractivity contribution < 1.29 is 18.7 Å². The summed E-state index contributed by atoms with van der Waals surface area (Å²) in [7, 11) is 0. The molecule has 0 saturated carbocycles. The first kappa shape index (κ1) is 19.8. The van der Waals surface area contributed by atoms with Crippen LogP contribution in [0.5, 0.6) is 0 Å². The van der Waals surface area contributed by atoms with Gasteiger partial charge < -0.3 is 15.0 Å². The summed E-state index contributed by atoms with van der Waals surface area (Å²) in [5.74, 6) is -0.196. The highest BCUT2D eigenvalue weighted by Gasteiger charge is 2.27. The van der Waals surface area contributed by atoms with Crippen molar-refractivity contribution in [2.75, 3.05) is 52.5 Å². The zero-order valence-corrected chi connectivity index (χ0v) is 15.7. The molecule has 2 aliphatic rings. The number of ether oxygens (including phenoxy) is 1. The van der Waals surface area contributed by atoms with Crippen molar-refractivity contribution in [2.45, 2.75) is 19.3 Å². The molecule has 6 nitrogen and oxygen atoms in total. The first-order valence-corrected chi connectivity index (χ1v) is 9.72. The van der Waals surface area contributed by atoms with Gasteiger partial charge in [0.25, 0.3) is 0 Å². The summed E-state index contributed by atoms with van der Waals surface area (Å²) < 4.78 is 18.3. The van der Waals surface area contributed by atoms with Gasteiger partial charge in [0, 0.05) is 45.2 Å². The van der Waals surface area contributed by atoms with E-state index in [4.69, 9.17) is 4.74 Å². The lowest BCUT2D eigenvalue weighted by molar-refractivity contribution is -0.135. The minimum Gasteiger partial charge on any atom is -0.379 e. The van der Waals surface area contributed by atoms with Crippen LogP contribution in [0.4, 0.5) is 4.39 Å². The van der Waals surface area contributed by atoms with Crippen LogP contribution in [0.25, 0.3) is 0 Å². The zero-order chi connectivity index (χ0) is 19.1. The predicted octanol–water partition coefficient (Wildman–Crippen LogP) is 1.06. The van der Waals surface area contributed by atoms with Gasteiger partial charge in [0.15, 0.2) is 0 Å². The second kappa shape index (κ2) is 9.80. The molecular weight excluding hydrogens is 349 g/mol. The van der Waals surface area contributed by atoms with Crippen LogP contribution in [0.15, 0.2) is 24.3 Å². The molecule has 3 rings (SSSR count). The highest BCUT2D eigenvalue weighted by atomic mass is 19.1. The first-order valence-electron chi connectivity index (χ1n) is 9.72. The second-order valence-corrected chi connectivity index (χ2v) is 7.20. The van der Waals surface area contributed by atoms with Crippen molar-refractivity contribution in [3.63, 3.8) is 0 Å². The Hall–Kier alpha value is -1.99. The number of nitrogens with zero attached hydrogens (tertiary/aromatic N) is 2. The fourth-order valence-corrected chi connectivity index (χ4v) is 3.59. The Morgan fingerprint density at radius 1 is 1.07 bits per heavy atom. The van der Waals surface area contributed by atoms with Gasteiger partial charge in [0.1, 0.15) is 5.82 Å². The molecule has 2 heterocycles. The van der Waals surface area contributed by atoms with E-state index < -0.39 is 0 Å². The quantitative estimate of drug-likeness (QED) is 0.805. The van der Waals surface area contributed by atoms with E-state index in [0.29, 0.717) is 32.5 Å². The smallest absolute Gasteiger partial charge is 0.226 e. The van der Waals surface area contributed by atoms with Crippen LogP contribution in [-0.4, -0.2) is 74.1 Å². The third kappa shape index (κ3) is 6.01. The van der Waals surface area contributed by atoms with E-state index in [0.717, 1.165) is 38.4 Å². The van der Waals surface area contributed by atoms with Crippen LogP contribution < -0.4 is 5.32 Å². The van der Waals surface area contributed by atoms with E-state index in [1.807, 2.05) is 0 Å². The Morgan fingerprint density at radius 3 is 2.41 bits per heavy atom. The van der Waals surface area contributed by atoms with Gasteiger partial charge in [-0.2, -0.15) is 0 Å². The summed E-state index contributed by atoms with van der Waals surface area (Å²) in [6.07, 6.45) is 1.66. The summed E-state index contributed by atoms with van der Waals surface area (Å²) in [5, 5.41) is 3.03. The van der Waals surface area contributed by atoms with E-state index in [-0.39, 0.29) is 30.0 Å². The topological polar surface area (TPSA) is 61.9 Å². The number of rotatable bonds is 6. The van der Waals surface area contributed by atoms with Crippen molar-refractivity contribution in [1.82, 2.24) is 15.1 Å². The average Bonchev–Trinajstić information content (AvgIpc) is 2.70. The number of amides is 2. The molecule has 2 fully saturated rings.